The Morgan fingerprint density at radius 1 is 1.32 bits per heavy atom. The van der Waals surface area contributed by atoms with Crippen LogP contribution in [0.15, 0.2) is 47.5 Å². The van der Waals surface area contributed by atoms with E-state index in [-0.39, 0.29) is 11.2 Å². The quantitative estimate of drug-likeness (QED) is 0.580. The molecule has 114 valence electrons. The number of hydrogen-bond donors (Lipinski definition) is 3. The van der Waals surface area contributed by atoms with Gasteiger partial charge in [0.15, 0.2) is 0 Å². The molecule has 1 atom stereocenters. The lowest BCUT2D eigenvalue weighted by molar-refractivity contribution is -0.128. The van der Waals surface area contributed by atoms with Crippen LogP contribution in [0.1, 0.15) is 16.8 Å². The van der Waals surface area contributed by atoms with Gasteiger partial charge in [-0.25, -0.2) is 5.48 Å². The molecule has 0 radical (unpaired) electrons. The summed E-state index contributed by atoms with van der Waals surface area (Å²) in [6, 6.07) is 12.1. The van der Waals surface area contributed by atoms with E-state index in [4.69, 9.17) is 5.21 Å². The zero-order valence-electron chi connectivity index (χ0n) is 12.0. The number of carbonyl (C=O) groups is 1. The molecule has 6 heteroatoms. The number of amides is 1. The van der Waals surface area contributed by atoms with Crippen LogP contribution in [0, 0.1) is 0 Å². The third-order valence-corrected chi connectivity index (χ3v) is 4.87. The fourth-order valence-corrected chi connectivity index (χ4v) is 3.69. The Bertz CT molecular complexity index is 664. The molecule has 5 nitrogen and oxygen atoms in total. The first-order chi connectivity index (χ1) is 10.8. The molecule has 1 aromatic heterocycles. The largest absolute Gasteiger partial charge is 0.307 e. The van der Waals surface area contributed by atoms with Crippen molar-refractivity contribution < 1.29 is 10.0 Å². The van der Waals surface area contributed by atoms with Crippen molar-refractivity contribution in [3.8, 4) is 0 Å². The lowest BCUT2D eigenvalue weighted by Gasteiger charge is -2.06. The van der Waals surface area contributed by atoms with Gasteiger partial charge in [-0.2, -0.15) is 0 Å². The van der Waals surface area contributed by atoms with Crippen molar-refractivity contribution >= 4 is 17.7 Å². The van der Waals surface area contributed by atoms with Crippen molar-refractivity contribution in [3.05, 3.63) is 59.4 Å². The van der Waals surface area contributed by atoms with Crippen LogP contribution < -0.4 is 10.8 Å². The Balaban J connectivity index is 1.58. The van der Waals surface area contributed by atoms with Crippen molar-refractivity contribution in [1.29, 1.82) is 0 Å². The van der Waals surface area contributed by atoms with Crippen LogP contribution in [0.3, 0.4) is 0 Å². The van der Waals surface area contributed by atoms with E-state index < -0.39 is 0 Å². The molecule has 2 aromatic rings. The summed E-state index contributed by atoms with van der Waals surface area (Å²) in [6.07, 6.45) is 2.45. The standard InChI is InChI=1S/C16H17N3O2S/c20-16(19-21)15-8-12-5-4-11(7-14(12)22-15)9-17-10-13-3-1-2-6-18-13/h1-7,15,17,21H,8-10H2,(H,19,20). The van der Waals surface area contributed by atoms with E-state index >= 15 is 0 Å². The highest BCUT2D eigenvalue weighted by atomic mass is 32.2. The molecule has 1 aromatic carbocycles. The van der Waals surface area contributed by atoms with Gasteiger partial charge in [0, 0.05) is 24.2 Å². The minimum Gasteiger partial charge on any atom is -0.307 e. The van der Waals surface area contributed by atoms with E-state index in [0.717, 1.165) is 29.2 Å². The normalized spacial score (nSPS) is 16.3. The summed E-state index contributed by atoms with van der Waals surface area (Å²) in [5.74, 6) is -0.337. The van der Waals surface area contributed by atoms with Crippen molar-refractivity contribution in [1.82, 2.24) is 15.8 Å². The zero-order chi connectivity index (χ0) is 15.4. The number of nitrogens with one attached hydrogen (secondary N) is 2. The third-order valence-electron chi connectivity index (χ3n) is 3.57. The summed E-state index contributed by atoms with van der Waals surface area (Å²) in [7, 11) is 0. The van der Waals surface area contributed by atoms with Crippen LogP contribution in [-0.2, 0) is 24.3 Å². The first kappa shape index (κ1) is 15.0. The molecular formula is C16H17N3O2S. The molecular weight excluding hydrogens is 298 g/mol. The first-order valence-electron chi connectivity index (χ1n) is 7.09. The molecule has 1 unspecified atom stereocenters. The van der Waals surface area contributed by atoms with E-state index in [2.05, 4.69) is 28.5 Å². The fraction of sp³-hybridized carbons (Fsp3) is 0.250. The number of hydroxylamine groups is 1. The zero-order valence-corrected chi connectivity index (χ0v) is 12.8. The smallest absolute Gasteiger partial charge is 0.257 e. The van der Waals surface area contributed by atoms with Crippen molar-refractivity contribution in [3.63, 3.8) is 0 Å². The SMILES string of the molecule is O=C(NO)C1Cc2ccc(CNCc3ccccn3)cc2S1. The van der Waals surface area contributed by atoms with Gasteiger partial charge in [0.2, 0.25) is 0 Å². The molecule has 1 aliphatic heterocycles. The Labute approximate surface area is 133 Å². The Kier molecular flexibility index (Phi) is 4.72. The molecule has 0 saturated carbocycles. The maximum atomic E-state index is 11.5. The number of benzene rings is 1. The number of aromatic nitrogens is 1. The predicted molar refractivity (Wildman–Crippen MR) is 84.5 cm³/mol. The number of nitrogens with zero attached hydrogens (tertiary/aromatic N) is 1. The summed E-state index contributed by atoms with van der Waals surface area (Å²) in [5, 5.41) is 11.8. The topological polar surface area (TPSA) is 74.2 Å². The van der Waals surface area contributed by atoms with Crippen LogP contribution in [0.2, 0.25) is 0 Å². The number of hydrogen-bond acceptors (Lipinski definition) is 5. The van der Waals surface area contributed by atoms with Crippen LogP contribution in [0.25, 0.3) is 0 Å². The molecule has 0 fully saturated rings. The molecule has 0 aliphatic carbocycles. The van der Waals surface area contributed by atoms with Gasteiger partial charge >= 0.3 is 0 Å². The Morgan fingerprint density at radius 2 is 2.23 bits per heavy atom. The van der Waals surface area contributed by atoms with Crippen LogP contribution in [0.5, 0.6) is 0 Å². The second-order valence-electron chi connectivity index (χ2n) is 5.15. The van der Waals surface area contributed by atoms with E-state index in [1.54, 1.807) is 11.7 Å². The van der Waals surface area contributed by atoms with Gasteiger partial charge in [-0.3, -0.25) is 15.0 Å². The van der Waals surface area contributed by atoms with Gasteiger partial charge in [-0.1, -0.05) is 18.2 Å². The molecule has 3 N–H and O–H groups in total. The summed E-state index contributed by atoms with van der Waals surface area (Å²) < 4.78 is 0. The molecule has 1 amide bonds. The minimum absolute atomic E-state index is 0.239. The molecule has 22 heavy (non-hydrogen) atoms. The molecule has 0 bridgehead atoms. The number of thioether (sulfide) groups is 1. The summed E-state index contributed by atoms with van der Waals surface area (Å²) in [6.45, 7) is 1.47. The second kappa shape index (κ2) is 6.91. The van der Waals surface area contributed by atoms with Gasteiger partial charge in [-0.05, 0) is 35.7 Å². The average Bonchev–Trinajstić information content (AvgIpc) is 2.98. The summed E-state index contributed by atoms with van der Waals surface area (Å²) >= 11 is 1.50. The predicted octanol–water partition coefficient (Wildman–Crippen LogP) is 1.89. The lowest BCUT2D eigenvalue weighted by Crippen LogP contribution is -2.29. The van der Waals surface area contributed by atoms with Crippen molar-refractivity contribution in [2.45, 2.75) is 29.7 Å². The Hall–Kier alpha value is -1.89. The van der Waals surface area contributed by atoms with Crippen molar-refractivity contribution in [2.24, 2.45) is 0 Å². The fourth-order valence-electron chi connectivity index (χ4n) is 2.44. The molecule has 2 heterocycles. The minimum atomic E-state index is -0.337. The summed E-state index contributed by atoms with van der Waals surface area (Å²) in [4.78, 5) is 16.9. The van der Waals surface area contributed by atoms with Crippen LogP contribution >= 0.6 is 11.8 Å². The first-order valence-corrected chi connectivity index (χ1v) is 7.97. The highest BCUT2D eigenvalue weighted by Gasteiger charge is 2.28. The number of pyridine rings is 1. The number of carbonyl (C=O) groups excluding carboxylic acids is 1. The second-order valence-corrected chi connectivity index (χ2v) is 6.40. The lowest BCUT2D eigenvalue weighted by atomic mass is 10.1. The van der Waals surface area contributed by atoms with E-state index in [0.29, 0.717) is 6.42 Å². The highest BCUT2D eigenvalue weighted by Crippen LogP contribution is 2.37. The maximum Gasteiger partial charge on any atom is 0.257 e. The monoisotopic (exact) mass is 315 g/mol. The summed E-state index contributed by atoms with van der Waals surface area (Å²) in [5.41, 5.74) is 5.07. The molecule has 0 spiro atoms. The molecule has 1 aliphatic rings. The number of rotatable bonds is 5. The van der Waals surface area contributed by atoms with Crippen LogP contribution in [-0.4, -0.2) is 21.3 Å². The average molecular weight is 315 g/mol. The maximum absolute atomic E-state index is 11.5. The van der Waals surface area contributed by atoms with E-state index in [1.165, 1.54) is 17.3 Å². The van der Waals surface area contributed by atoms with Gasteiger partial charge in [0.25, 0.3) is 5.91 Å². The van der Waals surface area contributed by atoms with E-state index in [9.17, 15) is 4.79 Å². The molecule has 3 rings (SSSR count). The van der Waals surface area contributed by atoms with E-state index in [1.807, 2.05) is 18.2 Å². The molecule has 0 saturated heterocycles. The number of fused-ring (bicyclic) bond motifs is 1. The highest BCUT2D eigenvalue weighted by molar-refractivity contribution is 8.01. The van der Waals surface area contributed by atoms with Crippen LogP contribution in [0.4, 0.5) is 0 Å². The van der Waals surface area contributed by atoms with Gasteiger partial charge in [-0.15, -0.1) is 11.8 Å². The van der Waals surface area contributed by atoms with Gasteiger partial charge < -0.3 is 5.32 Å². The van der Waals surface area contributed by atoms with Crippen molar-refractivity contribution in [2.75, 3.05) is 0 Å². The van der Waals surface area contributed by atoms with Gasteiger partial charge in [0.05, 0.1) is 10.9 Å². The third kappa shape index (κ3) is 3.47. The van der Waals surface area contributed by atoms with Gasteiger partial charge in [0.1, 0.15) is 0 Å². The Morgan fingerprint density at radius 3 is 3.00 bits per heavy atom.